The zero-order valence-corrected chi connectivity index (χ0v) is 8.87. The zero-order valence-electron chi connectivity index (χ0n) is 8.87. The van der Waals surface area contributed by atoms with E-state index in [9.17, 15) is 4.79 Å². The first kappa shape index (κ1) is 10.7. The number of hydrogen-bond acceptors (Lipinski definition) is 3. The van der Waals surface area contributed by atoms with Gasteiger partial charge in [-0.15, -0.1) is 0 Å². The summed E-state index contributed by atoms with van der Waals surface area (Å²) in [5.74, 6) is 0.946. The molecule has 0 spiro atoms. The molecule has 1 aromatic heterocycles. The van der Waals surface area contributed by atoms with Crippen LogP contribution in [0.1, 0.15) is 37.6 Å². The summed E-state index contributed by atoms with van der Waals surface area (Å²) in [6.07, 6.45) is 2.15. The Morgan fingerprint density at radius 2 is 2.21 bits per heavy atom. The first-order valence-electron chi connectivity index (χ1n) is 4.89. The van der Waals surface area contributed by atoms with Gasteiger partial charge in [-0.05, 0) is 26.0 Å². The van der Waals surface area contributed by atoms with Crippen molar-refractivity contribution in [3.8, 4) is 0 Å². The second-order valence-corrected chi connectivity index (χ2v) is 3.51. The number of Topliss-reactive ketones (excluding diaryl/α,β-unsaturated/α-hetero) is 1. The van der Waals surface area contributed by atoms with Crippen LogP contribution in [0.5, 0.6) is 0 Å². The van der Waals surface area contributed by atoms with Gasteiger partial charge in [-0.3, -0.25) is 4.79 Å². The van der Waals surface area contributed by atoms with Crippen LogP contribution < -0.4 is 5.32 Å². The number of rotatable bonds is 4. The molecule has 3 nitrogen and oxygen atoms in total. The smallest absolute Gasteiger partial charge is 0.164 e. The monoisotopic (exact) mass is 192 g/mol. The Balaban J connectivity index is 2.73. The van der Waals surface area contributed by atoms with Gasteiger partial charge in [-0.25, -0.2) is 4.98 Å². The lowest BCUT2D eigenvalue weighted by Gasteiger charge is -2.08. The average molecular weight is 192 g/mol. The molecule has 1 aromatic rings. The van der Waals surface area contributed by atoms with Gasteiger partial charge < -0.3 is 5.32 Å². The van der Waals surface area contributed by atoms with E-state index >= 15 is 0 Å². The zero-order chi connectivity index (χ0) is 10.6. The average Bonchev–Trinajstić information content (AvgIpc) is 2.17. The lowest BCUT2D eigenvalue weighted by molar-refractivity contribution is 0.0988. The number of anilines is 1. The van der Waals surface area contributed by atoms with Gasteiger partial charge >= 0.3 is 0 Å². The SMILES string of the molecule is CCC(=O)c1ccc(NC(C)C)nc1. The molecule has 76 valence electrons. The minimum absolute atomic E-state index is 0.133. The Hall–Kier alpha value is -1.38. The van der Waals surface area contributed by atoms with Crippen molar-refractivity contribution in [1.82, 2.24) is 4.98 Å². The maximum atomic E-state index is 11.3. The third-order valence-corrected chi connectivity index (χ3v) is 1.84. The topological polar surface area (TPSA) is 42.0 Å². The molecule has 14 heavy (non-hydrogen) atoms. The molecule has 0 bridgehead atoms. The second-order valence-electron chi connectivity index (χ2n) is 3.51. The van der Waals surface area contributed by atoms with Gasteiger partial charge in [-0.1, -0.05) is 6.92 Å². The lowest BCUT2D eigenvalue weighted by Crippen LogP contribution is -2.11. The fourth-order valence-corrected chi connectivity index (χ4v) is 1.14. The third kappa shape index (κ3) is 2.83. The minimum Gasteiger partial charge on any atom is -0.368 e. The van der Waals surface area contributed by atoms with Crippen LogP contribution in [0, 0.1) is 0 Å². The molecule has 0 atom stereocenters. The molecule has 0 radical (unpaired) electrons. The van der Waals surface area contributed by atoms with Crippen LogP contribution in [0.15, 0.2) is 18.3 Å². The van der Waals surface area contributed by atoms with Crippen LogP contribution in [0.4, 0.5) is 5.82 Å². The summed E-state index contributed by atoms with van der Waals surface area (Å²) in [6.45, 7) is 5.95. The summed E-state index contributed by atoms with van der Waals surface area (Å²) >= 11 is 0. The van der Waals surface area contributed by atoms with E-state index in [0.29, 0.717) is 18.0 Å². The summed E-state index contributed by atoms with van der Waals surface area (Å²) in [4.78, 5) is 15.4. The van der Waals surface area contributed by atoms with Gasteiger partial charge in [0.05, 0.1) is 0 Å². The van der Waals surface area contributed by atoms with Gasteiger partial charge in [0.15, 0.2) is 5.78 Å². The van der Waals surface area contributed by atoms with Crippen molar-refractivity contribution in [2.75, 3.05) is 5.32 Å². The fourth-order valence-electron chi connectivity index (χ4n) is 1.14. The Morgan fingerprint density at radius 3 is 2.64 bits per heavy atom. The molecule has 0 saturated heterocycles. The number of ketones is 1. The molecule has 0 aliphatic carbocycles. The Labute approximate surface area is 84.6 Å². The number of hydrogen-bond donors (Lipinski definition) is 1. The Morgan fingerprint density at radius 1 is 1.50 bits per heavy atom. The highest BCUT2D eigenvalue weighted by molar-refractivity contribution is 5.95. The highest BCUT2D eigenvalue weighted by Gasteiger charge is 2.03. The van der Waals surface area contributed by atoms with Crippen molar-refractivity contribution in [3.63, 3.8) is 0 Å². The first-order valence-corrected chi connectivity index (χ1v) is 4.89. The Kier molecular flexibility index (Phi) is 3.63. The van der Waals surface area contributed by atoms with E-state index in [-0.39, 0.29) is 5.78 Å². The molecule has 0 saturated carbocycles. The van der Waals surface area contributed by atoms with E-state index in [1.165, 1.54) is 0 Å². The highest BCUT2D eigenvalue weighted by Crippen LogP contribution is 2.07. The molecule has 0 aromatic carbocycles. The van der Waals surface area contributed by atoms with E-state index in [4.69, 9.17) is 0 Å². The maximum absolute atomic E-state index is 11.3. The normalized spacial score (nSPS) is 10.3. The summed E-state index contributed by atoms with van der Waals surface area (Å²) < 4.78 is 0. The minimum atomic E-state index is 0.133. The predicted octanol–water partition coefficient (Wildman–Crippen LogP) is 2.49. The van der Waals surface area contributed by atoms with Gasteiger partial charge in [0.25, 0.3) is 0 Å². The summed E-state index contributed by atoms with van der Waals surface area (Å²) in [5.41, 5.74) is 0.682. The number of aromatic nitrogens is 1. The van der Waals surface area contributed by atoms with Crippen LogP contribution in [-0.4, -0.2) is 16.8 Å². The molecule has 0 fully saturated rings. The molecular weight excluding hydrogens is 176 g/mol. The van der Waals surface area contributed by atoms with Crippen molar-refractivity contribution in [2.24, 2.45) is 0 Å². The first-order chi connectivity index (χ1) is 6.63. The number of nitrogens with zero attached hydrogens (tertiary/aromatic N) is 1. The van der Waals surface area contributed by atoms with E-state index in [2.05, 4.69) is 10.3 Å². The lowest BCUT2D eigenvalue weighted by atomic mass is 10.1. The molecule has 0 aliphatic heterocycles. The molecule has 1 heterocycles. The fraction of sp³-hybridized carbons (Fsp3) is 0.455. The Bertz CT molecular complexity index is 304. The van der Waals surface area contributed by atoms with Crippen molar-refractivity contribution in [3.05, 3.63) is 23.9 Å². The summed E-state index contributed by atoms with van der Waals surface area (Å²) in [5, 5.41) is 3.17. The van der Waals surface area contributed by atoms with Gasteiger partial charge in [0.1, 0.15) is 5.82 Å². The molecule has 1 rings (SSSR count). The highest BCUT2D eigenvalue weighted by atomic mass is 16.1. The molecular formula is C11H16N2O. The quantitative estimate of drug-likeness (QED) is 0.745. The summed E-state index contributed by atoms with van der Waals surface area (Å²) in [6, 6.07) is 4.00. The van der Waals surface area contributed by atoms with Gasteiger partial charge in [0, 0.05) is 24.2 Å². The molecule has 0 amide bonds. The standard InChI is InChI=1S/C11H16N2O/c1-4-10(14)9-5-6-11(12-7-9)13-8(2)3/h5-8H,4H2,1-3H3,(H,12,13). The van der Waals surface area contributed by atoms with E-state index in [1.807, 2.05) is 32.9 Å². The molecule has 3 heteroatoms. The third-order valence-electron chi connectivity index (χ3n) is 1.84. The van der Waals surface area contributed by atoms with Gasteiger partial charge in [-0.2, -0.15) is 0 Å². The summed E-state index contributed by atoms with van der Waals surface area (Å²) in [7, 11) is 0. The number of pyridine rings is 1. The van der Waals surface area contributed by atoms with Crippen LogP contribution >= 0.6 is 0 Å². The number of nitrogens with one attached hydrogen (secondary N) is 1. The largest absolute Gasteiger partial charge is 0.368 e. The van der Waals surface area contributed by atoms with Crippen molar-refractivity contribution < 1.29 is 4.79 Å². The predicted molar refractivity (Wildman–Crippen MR) is 57.6 cm³/mol. The van der Waals surface area contributed by atoms with Crippen molar-refractivity contribution in [1.29, 1.82) is 0 Å². The van der Waals surface area contributed by atoms with E-state index in [1.54, 1.807) is 6.20 Å². The van der Waals surface area contributed by atoms with E-state index in [0.717, 1.165) is 5.82 Å². The van der Waals surface area contributed by atoms with Crippen molar-refractivity contribution >= 4 is 11.6 Å². The van der Waals surface area contributed by atoms with Gasteiger partial charge in [0.2, 0.25) is 0 Å². The number of carbonyl (C=O) groups is 1. The maximum Gasteiger partial charge on any atom is 0.164 e. The van der Waals surface area contributed by atoms with Crippen LogP contribution in [-0.2, 0) is 0 Å². The van der Waals surface area contributed by atoms with Crippen LogP contribution in [0.3, 0.4) is 0 Å². The van der Waals surface area contributed by atoms with Crippen molar-refractivity contribution in [2.45, 2.75) is 33.2 Å². The molecule has 0 unspecified atom stereocenters. The van der Waals surface area contributed by atoms with E-state index < -0.39 is 0 Å². The number of carbonyl (C=O) groups excluding carboxylic acids is 1. The second kappa shape index (κ2) is 4.74. The molecule has 1 N–H and O–H groups in total. The van der Waals surface area contributed by atoms with Crippen LogP contribution in [0.2, 0.25) is 0 Å². The molecule has 0 aliphatic rings. The van der Waals surface area contributed by atoms with Crippen LogP contribution in [0.25, 0.3) is 0 Å².